The van der Waals surface area contributed by atoms with Crippen LogP contribution in [-0.4, -0.2) is 35.3 Å². The second-order valence-corrected chi connectivity index (χ2v) is 6.22. The minimum absolute atomic E-state index is 0.0206. The third kappa shape index (κ3) is 3.45. The maximum absolute atomic E-state index is 12.6. The van der Waals surface area contributed by atoms with E-state index in [0.29, 0.717) is 11.5 Å². The van der Waals surface area contributed by atoms with E-state index in [9.17, 15) is 4.79 Å². The van der Waals surface area contributed by atoms with E-state index in [1.165, 1.54) is 12.8 Å². The normalized spacial score (nSPS) is 17.9. The summed E-state index contributed by atoms with van der Waals surface area (Å²) in [4.78, 5) is 12.6. The molecule has 1 unspecified atom stereocenters. The second-order valence-electron chi connectivity index (χ2n) is 6.22. The molecule has 1 amide bonds. The summed E-state index contributed by atoms with van der Waals surface area (Å²) >= 11 is 0. The van der Waals surface area contributed by atoms with Gasteiger partial charge in [0.15, 0.2) is 0 Å². The maximum Gasteiger partial charge on any atom is 0.255 e. The first-order chi connectivity index (χ1) is 11.2. The Kier molecular flexibility index (Phi) is 4.76. The number of carbonyl (C=O) groups excluding carboxylic acids is 1. The van der Waals surface area contributed by atoms with Gasteiger partial charge in [-0.3, -0.25) is 4.79 Å². The van der Waals surface area contributed by atoms with Gasteiger partial charge in [-0.05, 0) is 57.8 Å². The SMILES string of the molecule is Cc1nn(-c2ccccc2)c(C)c1C(=O)NCC1CCCNC1. The molecule has 1 aliphatic rings. The standard InChI is InChI=1S/C18H24N4O/c1-13-17(18(23)20-12-15-7-6-10-19-11-15)14(2)22(21-13)16-8-4-3-5-9-16/h3-5,8-9,15,19H,6-7,10-12H2,1-2H3,(H,20,23). The van der Waals surface area contributed by atoms with Crippen LogP contribution >= 0.6 is 0 Å². The molecule has 0 aliphatic carbocycles. The minimum Gasteiger partial charge on any atom is -0.352 e. The summed E-state index contributed by atoms with van der Waals surface area (Å²) < 4.78 is 1.84. The average molecular weight is 312 g/mol. The molecule has 0 saturated carbocycles. The number of amides is 1. The fourth-order valence-corrected chi connectivity index (χ4v) is 3.22. The van der Waals surface area contributed by atoms with Gasteiger partial charge in [-0.25, -0.2) is 4.68 Å². The third-order valence-electron chi connectivity index (χ3n) is 4.47. The fraction of sp³-hybridized carbons (Fsp3) is 0.444. The predicted molar refractivity (Wildman–Crippen MR) is 91.0 cm³/mol. The largest absolute Gasteiger partial charge is 0.352 e. The van der Waals surface area contributed by atoms with Crippen LogP contribution in [0.5, 0.6) is 0 Å². The van der Waals surface area contributed by atoms with Gasteiger partial charge in [0.1, 0.15) is 0 Å². The maximum atomic E-state index is 12.6. The van der Waals surface area contributed by atoms with Crippen LogP contribution in [0, 0.1) is 19.8 Å². The van der Waals surface area contributed by atoms with Crippen molar-refractivity contribution in [3.63, 3.8) is 0 Å². The molecule has 0 radical (unpaired) electrons. The summed E-state index contributed by atoms with van der Waals surface area (Å²) in [7, 11) is 0. The Morgan fingerprint density at radius 3 is 2.83 bits per heavy atom. The molecule has 0 spiro atoms. The topological polar surface area (TPSA) is 59.0 Å². The van der Waals surface area contributed by atoms with Gasteiger partial charge in [-0.1, -0.05) is 18.2 Å². The Labute approximate surface area is 137 Å². The van der Waals surface area contributed by atoms with E-state index in [1.54, 1.807) is 0 Å². The molecule has 1 atom stereocenters. The highest BCUT2D eigenvalue weighted by molar-refractivity contribution is 5.96. The molecule has 2 N–H and O–H groups in total. The van der Waals surface area contributed by atoms with Crippen molar-refractivity contribution < 1.29 is 4.79 Å². The van der Waals surface area contributed by atoms with Crippen LogP contribution in [0.15, 0.2) is 30.3 Å². The molecule has 2 heterocycles. The highest BCUT2D eigenvalue weighted by atomic mass is 16.1. The Balaban J connectivity index is 1.74. The lowest BCUT2D eigenvalue weighted by Gasteiger charge is -2.22. The Bertz CT molecular complexity index is 672. The average Bonchev–Trinajstić information content (AvgIpc) is 2.89. The number of piperidine rings is 1. The second kappa shape index (κ2) is 6.96. The predicted octanol–water partition coefficient (Wildman–Crippen LogP) is 2.22. The van der Waals surface area contributed by atoms with Crippen LogP contribution in [0.25, 0.3) is 5.69 Å². The molecule has 1 aliphatic heterocycles. The van der Waals surface area contributed by atoms with Crippen LogP contribution in [0.3, 0.4) is 0 Å². The number of aryl methyl sites for hydroxylation is 1. The molecular weight excluding hydrogens is 288 g/mol. The summed E-state index contributed by atoms with van der Waals surface area (Å²) in [5.41, 5.74) is 3.32. The third-order valence-corrected chi connectivity index (χ3v) is 4.47. The van der Waals surface area contributed by atoms with Crippen LogP contribution in [0.2, 0.25) is 0 Å². The summed E-state index contributed by atoms with van der Waals surface area (Å²) in [5.74, 6) is 0.505. The van der Waals surface area contributed by atoms with Gasteiger partial charge in [0.2, 0.25) is 0 Å². The van der Waals surface area contributed by atoms with E-state index in [4.69, 9.17) is 0 Å². The molecule has 3 rings (SSSR count). The highest BCUT2D eigenvalue weighted by Gasteiger charge is 2.20. The van der Waals surface area contributed by atoms with Crippen molar-refractivity contribution in [2.75, 3.05) is 19.6 Å². The molecular formula is C18H24N4O. The van der Waals surface area contributed by atoms with Crippen molar-refractivity contribution >= 4 is 5.91 Å². The number of benzene rings is 1. The summed E-state index contributed by atoms with van der Waals surface area (Å²) in [6.45, 7) is 6.64. The van der Waals surface area contributed by atoms with Crippen molar-refractivity contribution in [2.45, 2.75) is 26.7 Å². The number of hydrogen-bond acceptors (Lipinski definition) is 3. The molecule has 1 saturated heterocycles. The van der Waals surface area contributed by atoms with Gasteiger partial charge in [0, 0.05) is 6.54 Å². The lowest BCUT2D eigenvalue weighted by atomic mass is 9.99. The first kappa shape index (κ1) is 15.7. The molecule has 122 valence electrons. The summed E-state index contributed by atoms with van der Waals surface area (Å²) in [6, 6.07) is 9.91. The van der Waals surface area contributed by atoms with E-state index in [2.05, 4.69) is 15.7 Å². The van der Waals surface area contributed by atoms with Gasteiger partial charge in [-0.2, -0.15) is 5.10 Å². The van der Waals surface area contributed by atoms with Crippen molar-refractivity contribution in [1.29, 1.82) is 0 Å². The quantitative estimate of drug-likeness (QED) is 0.910. The van der Waals surface area contributed by atoms with Crippen LogP contribution in [0.1, 0.15) is 34.6 Å². The monoisotopic (exact) mass is 312 g/mol. The molecule has 1 fully saturated rings. The Morgan fingerprint density at radius 1 is 1.35 bits per heavy atom. The van der Waals surface area contributed by atoms with Gasteiger partial charge >= 0.3 is 0 Å². The molecule has 1 aromatic carbocycles. The lowest BCUT2D eigenvalue weighted by molar-refractivity contribution is 0.0943. The smallest absolute Gasteiger partial charge is 0.255 e. The molecule has 0 bridgehead atoms. The number of nitrogens with zero attached hydrogens (tertiary/aromatic N) is 2. The van der Waals surface area contributed by atoms with E-state index in [-0.39, 0.29) is 5.91 Å². The zero-order valence-corrected chi connectivity index (χ0v) is 13.8. The van der Waals surface area contributed by atoms with Gasteiger partial charge in [-0.15, -0.1) is 0 Å². The zero-order valence-electron chi connectivity index (χ0n) is 13.8. The van der Waals surface area contributed by atoms with Crippen molar-refractivity contribution in [2.24, 2.45) is 5.92 Å². The van der Waals surface area contributed by atoms with E-state index < -0.39 is 0 Å². The molecule has 5 heteroatoms. The highest BCUT2D eigenvalue weighted by Crippen LogP contribution is 2.18. The number of para-hydroxylation sites is 1. The molecule has 5 nitrogen and oxygen atoms in total. The van der Waals surface area contributed by atoms with Crippen LogP contribution < -0.4 is 10.6 Å². The zero-order chi connectivity index (χ0) is 16.2. The van der Waals surface area contributed by atoms with Crippen LogP contribution in [0.4, 0.5) is 0 Å². The minimum atomic E-state index is -0.0206. The fourth-order valence-electron chi connectivity index (χ4n) is 3.22. The Morgan fingerprint density at radius 2 is 2.13 bits per heavy atom. The van der Waals surface area contributed by atoms with E-state index >= 15 is 0 Å². The first-order valence-corrected chi connectivity index (χ1v) is 8.27. The number of hydrogen-bond donors (Lipinski definition) is 2. The molecule has 2 aromatic rings. The lowest BCUT2D eigenvalue weighted by Crippen LogP contribution is -2.38. The Hall–Kier alpha value is -2.14. The first-order valence-electron chi connectivity index (χ1n) is 8.27. The van der Waals surface area contributed by atoms with Crippen molar-refractivity contribution in [3.8, 4) is 5.69 Å². The number of nitrogens with one attached hydrogen (secondary N) is 2. The number of aromatic nitrogens is 2. The van der Waals surface area contributed by atoms with Crippen molar-refractivity contribution in [3.05, 3.63) is 47.3 Å². The van der Waals surface area contributed by atoms with Gasteiger partial charge in [0.05, 0.1) is 22.6 Å². The van der Waals surface area contributed by atoms with Gasteiger partial charge < -0.3 is 10.6 Å². The van der Waals surface area contributed by atoms with Gasteiger partial charge in [0.25, 0.3) is 5.91 Å². The van der Waals surface area contributed by atoms with E-state index in [1.807, 2.05) is 48.9 Å². The molecule has 1 aromatic heterocycles. The van der Waals surface area contributed by atoms with Crippen molar-refractivity contribution in [1.82, 2.24) is 20.4 Å². The number of carbonyl (C=O) groups is 1. The van der Waals surface area contributed by atoms with E-state index in [0.717, 1.165) is 36.7 Å². The summed E-state index contributed by atoms with van der Waals surface area (Å²) in [5, 5.41) is 11.0. The summed E-state index contributed by atoms with van der Waals surface area (Å²) in [6.07, 6.45) is 2.36. The number of rotatable bonds is 4. The molecule has 23 heavy (non-hydrogen) atoms. The van der Waals surface area contributed by atoms with Crippen LogP contribution in [-0.2, 0) is 0 Å².